The Morgan fingerprint density at radius 3 is 2.17 bits per heavy atom. The third-order valence-corrected chi connectivity index (χ3v) is 3.80. The first-order chi connectivity index (χ1) is 8.47. The lowest BCUT2D eigenvalue weighted by atomic mass is 9.92. The van der Waals surface area contributed by atoms with E-state index in [0.717, 1.165) is 31.8 Å². The van der Waals surface area contributed by atoms with E-state index in [-0.39, 0.29) is 11.5 Å². The third kappa shape index (κ3) is 3.59. The number of hydrogen-bond acceptors (Lipinski definition) is 2. The summed E-state index contributed by atoms with van der Waals surface area (Å²) in [5, 5.41) is 8.88. The molecule has 0 aromatic carbocycles. The molecule has 0 aliphatic carbocycles. The first-order valence-electron chi connectivity index (χ1n) is 6.67. The number of carboxylic acid groups (broad SMARTS) is 1. The molecule has 0 unspecified atom stereocenters. The van der Waals surface area contributed by atoms with Gasteiger partial charge in [-0.15, -0.1) is 0 Å². The van der Waals surface area contributed by atoms with Crippen molar-refractivity contribution in [1.29, 1.82) is 0 Å². The van der Waals surface area contributed by atoms with Crippen LogP contribution < -0.4 is 0 Å². The summed E-state index contributed by atoms with van der Waals surface area (Å²) in [5.41, 5.74) is 0.507. The average Bonchev–Trinajstić information content (AvgIpc) is 2.37. The zero-order chi connectivity index (χ0) is 13.7. The molecule has 1 saturated heterocycles. The van der Waals surface area contributed by atoms with Gasteiger partial charge >= 0.3 is 5.97 Å². The normalized spacial score (nSPS) is 18.5. The monoisotopic (exact) mass is 253 g/mol. The van der Waals surface area contributed by atoms with Crippen molar-refractivity contribution in [3.63, 3.8) is 0 Å². The van der Waals surface area contributed by atoms with Crippen LogP contribution in [-0.2, 0) is 9.59 Å². The molecule has 1 heterocycles. The number of carboxylic acids is 1. The predicted molar refractivity (Wildman–Crippen MR) is 70.2 cm³/mol. The molecule has 1 amide bonds. The molecule has 0 bridgehead atoms. The smallest absolute Gasteiger partial charge is 0.331 e. The quantitative estimate of drug-likeness (QED) is 0.783. The van der Waals surface area contributed by atoms with E-state index in [0.29, 0.717) is 5.57 Å². The van der Waals surface area contributed by atoms with Gasteiger partial charge in [0, 0.05) is 24.2 Å². The van der Waals surface area contributed by atoms with Gasteiger partial charge in [-0.25, -0.2) is 4.79 Å². The molecule has 0 radical (unpaired) electrons. The van der Waals surface area contributed by atoms with E-state index < -0.39 is 5.97 Å². The third-order valence-electron chi connectivity index (χ3n) is 3.80. The SMILES string of the molecule is CCCC1CCN(C(=O)C(C)=C(C)C(=O)O)CC1. The van der Waals surface area contributed by atoms with Crippen molar-refractivity contribution in [3.05, 3.63) is 11.1 Å². The summed E-state index contributed by atoms with van der Waals surface area (Å²) < 4.78 is 0. The van der Waals surface area contributed by atoms with Crippen molar-refractivity contribution in [2.75, 3.05) is 13.1 Å². The van der Waals surface area contributed by atoms with Gasteiger partial charge in [-0.3, -0.25) is 4.79 Å². The minimum absolute atomic E-state index is 0.121. The van der Waals surface area contributed by atoms with Crippen LogP contribution in [0.15, 0.2) is 11.1 Å². The standard InChI is InChI=1S/C14H23NO3/c1-4-5-12-6-8-15(9-7-12)13(16)10(2)11(3)14(17)18/h12H,4-9H2,1-3H3,(H,17,18). The van der Waals surface area contributed by atoms with E-state index in [2.05, 4.69) is 6.92 Å². The highest BCUT2D eigenvalue weighted by Gasteiger charge is 2.24. The minimum atomic E-state index is -1.01. The lowest BCUT2D eigenvalue weighted by Gasteiger charge is -2.32. The number of nitrogens with zero attached hydrogens (tertiary/aromatic N) is 1. The molecular weight excluding hydrogens is 230 g/mol. The van der Waals surface area contributed by atoms with Gasteiger partial charge < -0.3 is 10.0 Å². The van der Waals surface area contributed by atoms with Crippen LogP contribution in [0.4, 0.5) is 0 Å². The van der Waals surface area contributed by atoms with Gasteiger partial charge in [-0.05, 0) is 32.6 Å². The minimum Gasteiger partial charge on any atom is -0.478 e. The summed E-state index contributed by atoms with van der Waals surface area (Å²) in [6.45, 7) is 6.78. The zero-order valence-corrected chi connectivity index (χ0v) is 11.5. The van der Waals surface area contributed by atoms with E-state index >= 15 is 0 Å². The topological polar surface area (TPSA) is 57.6 Å². The molecule has 0 saturated carbocycles. The van der Waals surface area contributed by atoms with Gasteiger partial charge in [0.2, 0.25) is 5.91 Å². The summed E-state index contributed by atoms with van der Waals surface area (Å²) in [6, 6.07) is 0. The number of piperidine rings is 1. The fourth-order valence-electron chi connectivity index (χ4n) is 2.39. The van der Waals surface area contributed by atoms with Crippen LogP contribution in [0.2, 0.25) is 0 Å². The maximum absolute atomic E-state index is 12.1. The van der Waals surface area contributed by atoms with Crippen LogP contribution in [0.1, 0.15) is 46.5 Å². The Kier molecular flexibility index (Phi) is 5.38. The first kappa shape index (κ1) is 14.7. The Balaban J connectivity index is 2.60. The number of hydrogen-bond donors (Lipinski definition) is 1. The van der Waals surface area contributed by atoms with Gasteiger partial charge in [-0.1, -0.05) is 19.8 Å². The molecule has 18 heavy (non-hydrogen) atoms. The van der Waals surface area contributed by atoms with Crippen LogP contribution in [0, 0.1) is 5.92 Å². The van der Waals surface area contributed by atoms with Crippen LogP contribution in [0.5, 0.6) is 0 Å². The van der Waals surface area contributed by atoms with Gasteiger partial charge in [0.15, 0.2) is 0 Å². The molecule has 4 nitrogen and oxygen atoms in total. The number of likely N-dealkylation sites (tertiary alicyclic amines) is 1. The zero-order valence-electron chi connectivity index (χ0n) is 11.5. The molecule has 1 aliphatic rings. The fourth-order valence-corrected chi connectivity index (χ4v) is 2.39. The maximum atomic E-state index is 12.1. The van der Waals surface area contributed by atoms with Crippen LogP contribution in [0.3, 0.4) is 0 Å². The molecule has 102 valence electrons. The van der Waals surface area contributed by atoms with Crippen molar-refractivity contribution in [2.24, 2.45) is 5.92 Å². The van der Waals surface area contributed by atoms with Crippen LogP contribution in [-0.4, -0.2) is 35.0 Å². The Morgan fingerprint density at radius 1 is 1.17 bits per heavy atom. The van der Waals surface area contributed by atoms with E-state index in [1.165, 1.54) is 19.8 Å². The predicted octanol–water partition coefficient (Wildman–Crippen LogP) is 2.45. The molecular formula is C14H23NO3. The lowest BCUT2D eigenvalue weighted by Crippen LogP contribution is -2.39. The van der Waals surface area contributed by atoms with Gasteiger partial charge in [-0.2, -0.15) is 0 Å². The van der Waals surface area contributed by atoms with E-state index in [1.54, 1.807) is 11.8 Å². The number of aliphatic carboxylic acids is 1. The highest BCUT2D eigenvalue weighted by atomic mass is 16.4. The lowest BCUT2D eigenvalue weighted by molar-refractivity contribution is -0.134. The molecule has 4 heteroatoms. The van der Waals surface area contributed by atoms with Gasteiger partial charge in [0.05, 0.1) is 0 Å². The van der Waals surface area contributed by atoms with Crippen molar-refractivity contribution < 1.29 is 14.7 Å². The molecule has 1 fully saturated rings. The second-order valence-electron chi connectivity index (χ2n) is 5.08. The fraction of sp³-hybridized carbons (Fsp3) is 0.714. The van der Waals surface area contributed by atoms with E-state index in [1.807, 2.05) is 0 Å². The first-order valence-corrected chi connectivity index (χ1v) is 6.67. The molecule has 1 rings (SSSR count). The van der Waals surface area contributed by atoms with E-state index in [4.69, 9.17) is 5.11 Å². The Hall–Kier alpha value is -1.32. The summed E-state index contributed by atoms with van der Waals surface area (Å²) in [5.74, 6) is -0.407. The molecule has 0 aromatic rings. The van der Waals surface area contributed by atoms with Crippen LogP contribution >= 0.6 is 0 Å². The summed E-state index contributed by atoms with van der Waals surface area (Å²) in [7, 11) is 0. The number of amides is 1. The van der Waals surface area contributed by atoms with Gasteiger partial charge in [0.1, 0.15) is 0 Å². The van der Waals surface area contributed by atoms with Crippen molar-refractivity contribution in [1.82, 2.24) is 4.90 Å². The molecule has 0 atom stereocenters. The highest BCUT2D eigenvalue weighted by molar-refractivity contribution is 6.01. The Bertz CT molecular complexity index is 352. The van der Waals surface area contributed by atoms with Crippen molar-refractivity contribution in [2.45, 2.75) is 46.5 Å². The number of carbonyl (C=O) groups excluding carboxylic acids is 1. The molecule has 0 aromatic heterocycles. The maximum Gasteiger partial charge on any atom is 0.331 e. The highest BCUT2D eigenvalue weighted by Crippen LogP contribution is 2.23. The van der Waals surface area contributed by atoms with Crippen molar-refractivity contribution >= 4 is 11.9 Å². The molecule has 1 N–H and O–H groups in total. The molecule has 1 aliphatic heterocycles. The van der Waals surface area contributed by atoms with Crippen molar-refractivity contribution in [3.8, 4) is 0 Å². The van der Waals surface area contributed by atoms with Crippen LogP contribution in [0.25, 0.3) is 0 Å². The average molecular weight is 253 g/mol. The van der Waals surface area contributed by atoms with Gasteiger partial charge in [0.25, 0.3) is 0 Å². The number of rotatable bonds is 4. The number of carbonyl (C=O) groups is 2. The Labute approximate surface area is 109 Å². The second kappa shape index (κ2) is 6.57. The van der Waals surface area contributed by atoms with E-state index in [9.17, 15) is 9.59 Å². The summed E-state index contributed by atoms with van der Waals surface area (Å²) in [4.78, 5) is 24.7. The molecule has 0 spiro atoms. The Morgan fingerprint density at radius 2 is 1.72 bits per heavy atom. The summed E-state index contributed by atoms with van der Waals surface area (Å²) >= 11 is 0. The second-order valence-corrected chi connectivity index (χ2v) is 5.08. The summed E-state index contributed by atoms with van der Waals surface area (Å²) in [6.07, 6.45) is 4.50. The largest absolute Gasteiger partial charge is 0.478 e.